The fourth-order valence-corrected chi connectivity index (χ4v) is 1.74. The third-order valence-corrected chi connectivity index (χ3v) is 2.87. The third kappa shape index (κ3) is 4.00. The summed E-state index contributed by atoms with van der Waals surface area (Å²) in [7, 11) is 0. The Morgan fingerprint density at radius 1 is 1.00 bits per heavy atom. The molecule has 4 N–H and O–H groups in total. The second-order valence-corrected chi connectivity index (χ2v) is 4.62. The van der Waals surface area contributed by atoms with Crippen molar-refractivity contribution < 1.29 is 13.6 Å². The van der Waals surface area contributed by atoms with Gasteiger partial charge in [-0.2, -0.15) is 0 Å². The molecule has 110 valence electrons. The predicted molar refractivity (Wildman–Crippen MR) is 78.0 cm³/mol. The van der Waals surface area contributed by atoms with Crippen molar-refractivity contribution in [3.8, 4) is 0 Å². The number of nitrogens with two attached hydrogens (primary N) is 1. The van der Waals surface area contributed by atoms with Gasteiger partial charge >= 0.3 is 6.03 Å². The minimum atomic E-state index is -1.02. The number of halogens is 2. The second kappa shape index (κ2) is 6.32. The van der Waals surface area contributed by atoms with Crippen LogP contribution in [-0.4, -0.2) is 6.03 Å². The molecule has 2 aromatic rings. The molecule has 0 aliphatic heterocycles. The standard InChI is InChI=1S/C15H15F2N3O/c1-9(18)10-2-4-11(5-3-10)19-15(21)20-12-6-7-13(16)14(17)8-12/h2-9H,18H2,1H3,(H2,19,20,21). The van der Waals surface area contributed by atoms with E-state index in [9.17, 15) is 13.6 Å². The number of rotatable bonds is 3. The number of hydrogen-bond donors (Lipinski definition) is 3. The number of hydrogen-bond acceptors (Lipinski definition) is 2. The van der Waals surface area contributed by atoms with Crippen molar-refractivity contribution in [3.05, 3.63) is 59.7 Å². The largest absolute Gasteiger partial charge is 0.324 e. The van der Waals surface area contributed by atoms with E-state index in [1.165, 1.54) is 6.07 Å². The molecule has 0 aliphatic rings. The smallest absolute Gasteiger partial charge is 0.323 e. The lowest BCUT2D eigenvalue weighted by Gasteiger charge is -2.10. The molecule has 0 bridgehead atoms. The normalized spacial score (nSPS) is 11.8. The van der Waals surface area contributed by atoms with Gasteiger partial charge in [-0.3, -0.25) is 0 Å². The Hall–Kier alpha value is -2.47. The van der Waals surface area contributed by atoms with Gasteiger partial charge < -0.3 is 16.4 Å². The van der Waals surface area contributed by atoms with Gasteiger partial charge in [0, 0.05) is 23.5 Å². The number of anilines is 2. The monoisotopic (exact) mass is 291 g/mol. The summed E-state index contributed by atoms with van der Waals surface area (Å²) < 4.78 is 25.8. The Morgan fingerprint density at radius 2 is 1.57 bits per heavy atom. The van der Waals surface area contributed by atoms with Gasteiger partial charge in [0.15, 0.2) is 11.6 Å². The zero-order valence-electron chi connectivity index (χ0n) is 11.4. The average Bonchev–Trinajstić information content (AvgIpc) is 2.43. The van der Waals surface area contributed by atoms with Gasteiger partial charge in [-0.15, -0.1) is 0 Å². The molecule has 4 nitrogen and oxygen atoms in total. The van der Waals surface area contributed by atoms with Gasteiger partial charge in [0.1, 0.15) is 0 Å². The number of nitrogens with one attached hydrogen (secondary N) is 2. The molecule has 21 heavy (non-hydrogen) atoms. The van der Waals surface area contributed by atoms with Crippen molar-refractivity contribution in [1.82, 2.24) is 0 Å². The van der Waals surface area contributed by atoms with Crippen LogP contribution in [0.15, 0.2) is 42.5 Å². The lowest BCUT2D eigenvalue weighted by molar-refractivity contribution is 0.262. The van der Waals surface area contributed by atoms with Crippen LogP contribution >= 0.6 is 0 Å². The Bertz CT molecular complexity index is 642. The van der Waals surface area contributed by atoms with Crippen LogP contribution in [0.2, 0.25) is 0 Å². The zero-order valence-corrected chi connectivity index (χ0v) is 11.4. The number of amides is 2. The van der Waals surface area contributed by atoms with E-state index in [0.29, 0.717) is 5.69 Å². The first-order valence-corrected chi connectivity index (χ1v) is 6.34. The van der Waals surface area contributed by atoms with E-state index >= 15 is 0 Å². The first-order valence-electron chi connectivity index (χ1n) is 6.34. The van der Waals surface area contributed by atoms with Crippen LogP contribution in [0.4, 0.5) is 25.0 Å². The van der Waals surface area contributed by atoms with Crippen LogP contribution < -0.4 is 16.4 Å². The minimum absolute atomic E-state index is 0.0879. The van der Waals surface area contributed by atoms with Crippen molar-refractivity contribution in [2.45, 2.75) is 13.0 Å². The number of carbonyl (C=O) groups excluding carboxylic acids is 1. The molecule has 2 amide bonds. The van der Waals surface area contributed by atoms with E-state index < -0.39 is 17.7 Å². The van der Waals surface area contributed by atoms with E-state index in [-0.39, 0.29) is 11.7 Å². The molecule has 0 radical (unpaired) electrons. The van der Waals surface area contributed by atoms with Crippen molar-refractivity contribution in [2.24, 2.45) is 5.73 Å². The molecule has 1 atom stereocenters. The summed E-state index contributed by atoms with van der Waals surface area (Å²) in [5, 5.41) is 5.00. The molecule has 0 heterocycles. The van der Waals surface area contributed by atoms with Gasteiger partial charge in [0.05, 0.1) is 0 Å². The Labute approximate surface area is 121 Å². The molecule has 0 fully saturated rings. The summed E-state index contributed by atoms with van der Waals surface area (Å²) in [5.41, 5.74) is 7.41. The van der Waals surface area contributed by atoms with Crippen molar-refractivity contribution in [1.29, 1.82) is 0 Å². The van der Waals surface area contributed by atoms with Crippen LogP contribution in [0, 0.1) is 11.6 Å². The number of urea groups is 1. The molecule has 2 rings (SSSR count). The highest BCUT2D eigenvalue weighted by Crippen LogP contribution is 2.16. The van der Waals surface area contributed by atoms with E-state index in [1.54, 1.807) is 24.3 Å². The molecule has 0 aromatic heterocycles. The molecule has 0 saturated heterocycles. The summed E-state index contributed by atoms with van der Waals surface area (Å²) >= 11 is 0. The minimum Gasteiger partial charge on any atom is -0.324 e. The molecular weight excluding hydrogens is 276 g/mol. The molecule has 0 aliphatic carbocycles. The molecule has 1 unspecified atom stereocenters. The summed E-state index contributed by atoms with van der Waals surface area (Å²) in [6, 6.07) is 9.53. The molecule has 6 heteroatoms. The van der Waals surface area contributed by atoms with Crippen LogP contribution in [0.5, 0.6) is 0 Å². The van der Waals surface area contributed by atoms with Gasteiger partial charge in [0.2, 0.25) is 0 Å². The van der Waals surface area contributed by atoms with Gasteiger partial charge in [0.25, 0.3) is 0 Å². The highest BCUT2D eigenvalue weighted by molar-refractivity contribution is 5.99. The average molecular weight is 291 g/mol. The summed E-state index contributed by atoms with van der Waals surface area (Å²) in [6.07, 6.45) is 0. The Kier molecular flexibility index (Phi) is 4.49. The second-order valence-electron chi connectivity index (χ2n) is 4.62. The topological polar surface area (TPSA) is 67.1 Å². The van der Waals surface area contributed by atoms with Crippen molar-refractivity contribution in [2.75, 3.05) is 10.6 Å². The van der Waals surface area contributed by atoms with E-state index in [2.05, 4.69) is 10.6 Å². The lowest BCUT2D eigenvalue weighted by Crippen LogP contribution is -2.19. The van der Waals surface area contributed by atoms with Gasteiger partial charge in [-0.25, -0.2) is 13.6 Å². The van der Waals surface area contributed by atoms with Gasteiger partial charge in [-0.05, 0) is 36.8 Å². The van der Waals surface area contributed by atoms with Gasteiger partial charge in [-0.1, -0.05) is 12.1 Å². The fraction of sp³-hybridized carbons (Fsp3) is 0.133. The summed E-state index contributed by atoms with van der Waals surface area (Å²) in [5.74, 6) is -1.98. The van der Waals surface area contributed by atoms with Crippen molar-refractivity contribution in [3.63, 3.8) is 0 Å². The molecule has 0 saturated carbocycles. The quantitative estimate of drug-likeness (QED) is 0.808. The van der Waals surface area contributed by atoms with Crippen LogP contribution in [0.25, 0.3) is 0 Å². The third-order valence-electron chi connectivity index (χ3n) is 2.87. The predicted octanol–water partition coefficient (Wildman–Crippen LogP) is 3.63. The maximum absolute atomic E-state index is 13.0. The maximum Gasteiger partial charge on any atom is 0.323 e. The summed E-state index contributed by atoms with van der Waals surface area (Å²) in [4.78, 5) is 11.7. The zero-order chi connectivity index (χ0) is 15.4. The van der Waals surface area contributed by atoms with Crippen LogP contribution in [0.3, 0.4) is 0 Å². The highest BCUT2D eigenvalue weighted by atomic mass is 19.2. The SMILES string of the molecule is CC(N)c1ccc(NC(=O)Nc2ccc(F)c(F)c2)cc1. The molecular formula is C15H15F2N3O. The molecule has 2 aromatic carbocycles. The highest BCUT2D eigenvalue weighted by Gasteiger charge is 2.07. The molecule has 0 spiro atoms. The van der Waals surface area contributed by atoms with Crippen LogP contribution in [-0.2, 0) is 0 Å². The van der Waals surface area contributed by atoms with E-state index in [0.717, 1.165) is 17.7 Å². The maximum atomic E-state index is 13.0. The van der Waals surface area contributed by atoms with Crippen molar-refractivity contribution >= 4 is 17.4 Å². The number of benzene rings is 2. The van der Waals surface area contributed by atoms with E-state index in [4.69, 9.17) is 5.73 Å². The Balaban J connectivity index is 1.99. The van der Waals surface area contributed by atoms with E-state index in [1.807, 2.05) is 6.92 Å². The number of carbonyl (C=O) groups is 1. The Morgan fingerprint density at radius 3 is 2.14 bits per heavy atom. The first-order chi connectivity index (χ1) is 9.95. The summed E-state index contributed by atoms with van der Waals surface area (Å²) in [6.45, 7) is 1.86. The van der Waals surface area contributed by atoms with Crippen LogP contribution in [0.1, 0.15) is 18.5 Å². The lowest BCUT2D eigenvalue weighted by atomic mass is 10.1. The first kappa shape index (κ1) is 14.9. The fourth-order valence-electron chi connectivity index (χ4n) is 1.74.